The number of hydrogen-bond donors (Lipinski definition) is 2. The molecule has 27 heavy (non-hydrogen) atoms. The van der Waals surface area contributed by atoms with Crippen LogP contribution in [0.1, 0.15) is 72.6 Å². The van der Waals surface area contributed by atoms with Crippen molar-refractivity contribution in [2.75, 3.05) is 6.61 Å². The summed E-state index contributed by atoms with van der Waals surface area (Å²) >= 11 is 0. The Morgan fingerprint density at radius 3 is 2.63 bits per heavy atom. The average molecular weight is 375 g/mol. The fraction of sp³-hybridized carbons (Fsp3) is 0.875. The van der Waals surface area contributed by atoms with E-state index in [1.54, 1.807) is 5.57 Å². The van der Waals surface area contributed by atoms with Gasteiger partial charge in [-0.3, -0.25) is 4.79 Å². The van der Waals surface area contributed by atoms with Crippen LogP contribution in [-0.2, 0) is 4.79 Å². The topological polar surface area (TPSA) is 57.5 Å². The Hall–Kier alpha value is -0.670. The summed E-state index contributed by atoms with van der Waals surface area (Å²) in [6.45, 7) is 8.93. The number of carbonyl (C=O) groups excluding carboxylic acids is 1. The minimum atomic E-state index is -0.789. The van der Waals surface area contributed by atoms with E-state index in [1.807, 2.05) is 6.92 Å². The number of aliphatic hydroxyl groups excluding tert-OH is 2. The van der Waals surface area contributed by atoms with Crippen molar-refractivity contribution in [2.45, 2.75) is 78.7 Å². The Morgan fingerprint density at radius 1 is 1.19 bits per heavy atom. The lowest BCUT2D eigenvalue weighted by atomic mass is 9.46. The van der Waals surface area contributed by atoms with Crippen molar-refractivity contribution in [3.8, 4) is 0 Å². The van der Waals surface area contributed by atoms with Gasteiger partial charge in [-0.25, -0.2) is 0 Å². The predicted octanol–water partition coefficient (Wildman–Crippen LogP) is 4.37. The highest BCUT2D eigenvalue weighted by molar-refractivity contribution is 5.85. The monoisotopic (exact) mass is 374 g/mol. The smallest absolute Gasteiger partial charge is 0.137 e. The summed E-state index contributed by atoms with van der Waals surface area (Å²) in [6, 6.07) is 0. The zero-order valence-corrected chi connectivity index (χ0v) is 17.6. The number of carbonyl (C=O) groups is 1. The lowest BCUT2D eigenvalue weighted by Gasteiger charge is -2.58. The molecule has 152 valence electrons. The average Bonchev–Trinajstić information content (AvgIpc) is 2.91. The molecular weight excluding hydrogens is 336 g/mol. The van der Waals surface area contributed by atoms with Gasteiger partial charge in [-0.15, -0.1) is 0 Å². The first kappa shape index (κ1) is 19.6. The van der Waals surface area contributed by atoms with Crippen molar-refractivity contribution >= 4 is 5.78 Å². The molecule has 0 aromatic heterocycles. The fourth-order valence-corrected chi connectivity index (χ4v) is 7.96. The lowest BCUT2D eigenvalue weighted by Crippen LogP contribution is -2.51. The van der Waals surface area contributed by atoms with Crippen LogP contribution in [0, 0.1) is 46.3 Å². The van der Waals surface area contributed by atoms with Crippen LogP contribution < -0.4 is 0 Å². The van der Waals surface area contributed by atoms with Gasteiger partial charge in [0.1, 0.15) is 5.78 Å². The summed E-state index contributed by atoms with van der Waals surface area (Å²) in [7, 11) is 0. The second kappa shape index (κ2) is 6.69. The van der Waals surface area contributed by atoms with E-state index in [4.69, 9.17) is 0 Å². The molecule has 0 aromatic rings. The van der Waals surface area contributed by atoms with Gasteiger partial charge in [-0.1, -0.05) is 39.3 Å². The van der Waals surface area contributed by atoms with Crippen LogP contribution in [0.15, 0.2) is 11.6 Å². The van der Waals surface area contributed by atoms with E-state index in [0.29, 0.717) is 35.4 Å². The van der Waals surface area contributed by atoms with Crippen LogP contribution in [0.4, 0.5) is 0 Å². The standard InChI is InChI=1S/C24H38O3/c1-14-7-9-23(3)16(11-14)5-6-17-18(23)8-10-24(4)19(17)12-20(26)22(24)15(2)21(27)13-25/h5,14-15,17-19,21-22,25,27H,6-13H2,1-4H3/t14-,15+,17?,18?,19?,21?,22-,23-,24-/m0/s1. The van der Waals surface area contributed by atoms with Crippen molar-refractivity contribution < 1.29 is 15.0 Å². The molecule has 3 saturated carbocycles. The van der Waals surface area contributed by atoms with Crippen molar-refractivity contribution in [3.63, 3.8) is 0 Å². The molecule has 4 aliphatic rings. The molecule has 2 N–H and O–H groups in total. The minimum absolute atomic E-state index is 0.0164. The number of rotatable bonds is 3. The predicted molar refractivity (Wildman–Crippen MR) is 107 cm³/mol. The quantitative estimate of drug-likeness (QED) is 0.721. The maximum atomic E-state index is 13.1. The number of hydrogen-bond acceptors (Lipinski definition) is 3. The van der Waals surface area contributed by atoms with Gasteiger partial charge in [-0.2, -0.15) is 0 Å². The van der Waals surface area contributed by atoms with Crippen molar-refractivity contribution in [3.05, 3.63) is 11.6 Å². The van der Waals surface area contributed by atoms with E-state index in [1.165, 1.54) is 25.7 Å². The molecule has 4 rings (SSSR count). The molecule has 4 aliphatic carbocycles. The SMILES string of the molecule is C[C@H]1CC[C@@]2(C)C(=CCC3C2CC[C@@]2(C)C3CC(=O)[C@@H]2[C@H](C)C(O)CO)C1. The maximum absolute atomic E-state index is 13.1. The second-order valence-electron chi connectivity index (χ2n) is 10.9. The maximum Gasteiger partial charge on any atom is 0.137 e. The second-order valence-corrected chi connectivity index (χ2v) is 10.9. The largest absolute Gasteiger partial charge is 0.394 e. The van der Waals surface area contributed by atoms with Gasteiger partial charge in [0.25, 0.3) is 0 Å². The lowest BCUT2D eigenvalue weighted by molar-refractivity contribution is -0.127. The molecular formula is C24H38O3. The van der Waals surface area contributed by atoms with Gasteiger partial charge in [0.2, 0.25) is 0 Å². The first-order chi connectivity index (χ1) is 12.7. The highest BCUT2D eigenvalue weighted by Gasteiger charge is 2.62. The molecule has 0 amide bonds. The molecule has 0 aromatic carbocycles. The van der Waals surface area contributed by atoms with Gasteiger partial charge in [0, 0.05) is 12.3 Å². The van der Waals surface area contributed by atoms with Gasteiger partial charge >= 0.3 is 0 Å². The third-order valence-electron chi connectivity index (χ3n) is 9.59. The Kier molecular flexibility index (Phi) is 4.87. The Bertz CT molecular complexity index is 640. The summed E-state index contributed by atoms with van der Waals surface area (Å²) in [5.41, 5.74) is 2.03. The first-order valence-electron chi connectivity index (χ1n) is 11.2. The van der Waals surface area contributed by atoms with Crippen molar-refractivity contribution in [1.82, 2.24) is 0 Å². The number of aliphatic hydroxyl groups is 2. The molecule has 3 heteroatoms. The van der Waals surface area contributed by atoms with Gasteiger partial charge in [0.15, 0.2) is 0 Å². The molecule has 0 aliphatic heterocycles. The molecule has 3 nitrogen and oxygen atoms in total. The van der Waals surface area contributed by atoms with E-state index in [9.17, 15) is 15.0 Å². The van der Waals surface area contributed by atoms with Gasteiger partial charge in [-0.05, 0) is 78.9 Å². The molecule has 0 saturated heterocycles. The molecule has 9 atom stereocenters. The number of ketones is 1. The van der Waals surface area contributed by atoms with Gasteiger partial charge in [0.05, 0.1) is 12.7 Å². The zero-order valence-electron chi connectivity index (χ0n) is 17.6. The summed E-state index contributed by atoms with van der Waals surface area (Å²) < 4.78 is 0. The highest BCUT2D eigenvalue weighted by Crippen LogP contribution is 2.66. The van der Waals surface area contributed by atoms with E-state index in [-0.39, 0.29) is 23.9 Å². The summed E-state index contributed by atoms with van der Waals surface area (Å²) in [6.07, 6.45) is 9.79. The minimum Gasteiger partial charge on any atom is -0.394 e. The van der Waals surface area contributed by atoms with Crippen molar-refractivity contribution in [1.29, 1.82) is 0 Å². The third-order valence-corrected chi connectivity index (χ3v) is 9.59. The summed E-state index contributed by atoms with van der Waals surface area (Å²) in [5.74, 6) is 2.65. The summed E-state index contributed by atoms with van der Waals surface area (Å²) in [5, 5.41) is 19.7. The first-order valence-corrected chi connectivity index (χ1v) is 11.2. The van der Waals surface area contributed by atoms with Crippen molar-refractivity contribution in [2.24, 2.45) is 46.3 Å². The molecule has 4 unspecified atom stereocenters. The number of allylic oxidation sites excluding steroid dienone is 2. The van der Waals surface area contributed by atoms with E-state index in [2.05, 4.69) is 26.8 Å². The van der Waals surface area contributed by atoms with Gasteiger partial charge < -0.3 is 10.2 Å². The molecule has 0 spiro atoms. The normalized spacial score (nSPS) is 48.9. The van der Waals surface area contributed by atoms with Crippen LogP contribution in [0.5, 0.6) is 0 Å². The van der Waals surface area contributed by atoms with Crippen LogP contribution in [0.25, 0.3) is 0 Å². The number of fused-ring (bicyclic) bond motifs is 5. The van der Waals surface area contributed by atoms with E-state index < -0.39 is 6.10 Å². The molecule has 0 radical (unpaired) electrons. The Balaban J connectivity index is 1.65. The summed E-state index contributed by atoms with van der Waals surface area (Å²) in [4.78, 5) is 13.1. The van der Waals surface area contributed by atoms with Crippen LogP contribution >= 0.6 is 0 Å². The zero-order chi connectivity index (χ0) is 19.6. The Labute approximate surface area is 164 Å². The fourth-order valence-electron chi connectivity index (χ4n) is 7.96. The van der Waals surface area contributed by atoms with Crippen LogP contribution in [0.2, 0.25) is 0 Å². The van der Waals surface area contributed by atoms with Crippen LogP contribution in [-0.4, -0.2) is 28.7 Å². The van der Waals surface area contributed by atoms with Crippen LogP contribution in [0.3, 0.4) is 0 Å². The molecule has 0 heterocycles. The highest BCUT2D eigenvalue weighted by atomic mass is 16.3. The molecule has 3 fully saturated rings. The third kappa shape index (κ3) is 2.79. The van der Waals surface area contributed by atoms with E-state index >= 15 is 0 Å². The number of Topliss-reactive ketones (excluding diaryl/α,β-unsaturated/α-hetero) is 1. The molecule has 0 bridgehead atoms. The Morgan fingerprint density at radius 2 is 1.93 bits per heavy atom. The van der Waals surface area contributed by atoms with E-state index in [0.717, 1.165) is 18.8 Å².